The smallest absolute Gasteiger partial charge is 0.281 e. The molecule has 1 aromatic carbocycles. The lowest BCUT2D eigenvalue weighted by atomic mass is 10.1. The topological polar surface area (TPSA) is 73.2 Å². The molecule has 24 heavy (non-hydrogen) atoms. The third-order valence-electron chi connectivity index (χ3n) is 3.72. The predicted molar refractivity (Wildman–Crippen MR) is 94.3 cm³/mol. The molecule has 0 spiro atoms. The number of carbonyl (C=O) groups is 1. The van der Waals surface area contributed by atoms with E-state index in [1.807, 2.05) is 29.6 Å². The van der Waals surface area contributed by atoms with Gasteiger partial charge in [-0.3, -0.25) is 15.0 Å². The van der Waals surface area contributed by atoms with Crippen LogP contribution in [0.15, 0.2) is 40.5 Å². The monoisotopic (exact) mass is 343 g/mol. The first-order valence-corrected chi connectivity index (χ1v) is 8.36. The summed E-state index contributed by atoms with van der Waals surface area (Å²) >= 11 is 1.40. The molecule has 7 heteroatoms. The Balaban J connectivity index is 1.75. The van der Waals surface area contributed by atoms with E-state index in [9.17, 15) is 9.59 Å². The van der Waals surface area contributed by atoms with Crippen LogP contribution in [0, 0.1) is 6.92 Å². The van der Waals surface area contributed by atoms with Gasteiger partial charge in [0.2, 0.25) is 5.91 Å². The Morgan fingerprint density at radius 1 is 1.33 bits per heavy atom. The maximum Gasteiger partial charge on any atom is 0.281 e. The van der Waals surface area contributed by atoms with Crippen LogP contribution in [-0.2, 0) is 11.2 Å². The third-order valence-corrected chi connectivity index (χ3v) is 4.52. The van der Waals surface area contributed by atoms with Gasteiger partial charge in [-0.25, -0.2) is 9.66 Å². The molecule has 0 aliphatic rings. The Morgan fingerprint density at radius 2 is 2.12 bits per heavy atom. The minimum Gasteiger partial charge on any atom is -0.496 e. The van der Waals surface area contributed by atoms with Gasteiger partial charge in [-0.05, 0) is 36.4 Å². The van der Waals surface area contributed by atoms with Gasteiger partial charge in [0, 0.05) is 6.42 Å². The minimum atomic E-state index is -0.260. The molecule has 0 atom stereocenters. The molecule has 3 rings (SSSR count). The SMILES string of the molecule is COc1ccccc1CCC(=O)Nn1c(C)nc2sccc2c1=O. The molecule has 0 saturated carbocycles. The standard InChI is InChI=1S/C17H17N3O3S/c1-11-18-16-13(9-10-24-16)17(22)20(11)19-15(21)8-7-12-5-3-4-6-14(12)23-2/h3-6,9-10H,7-8H2,1-2H3,(H,19,21). The molecule has 2 aromatic heterocycles. The molecule has 0 fully saturated rings. The summed E-state index contributed by atoms with van der Waals surface area (Å²) in [7, 11) is 1.60. The van der Waals surface area contributed by atoms with Crippen molar-refractivity contribution in [3.8, 4) is 5.75 Å². The van der Waals surface area contributed by atoms with Crippen LogP contribution in [0.5, 0.6) is 5.75 Å². The fraction of sp³-hybridized carbons (Fsp3) is 0.235. The summed E-state index contributed by atoms with van der Waals surface area (Å²) in [6.07, 6.45) is 0.770. The highest BCUT2D eigenvalue weighted by Crippen LogP contribution is 2.19. The van der Waals surface area contributed by atoms with Crippen molar-refractivity contribution in [3.05, 3.63) is 57.5 Å². The first-order valence-electron chi connectivity index (χ1n) is 7.48. The number of aromatic nitrogens is 2. The van der Waals surface area contributed by atoms with E-state index in [0.29, 0.717) is 22.5 Å². The number of hydrogen-bond donors (Lipinski definition) is 1. The summed E-state index contributed by atoms with van der Waals surface area (Å²) in [4.78, 5) is 29.7. The molecule has 3 aromatic rings. The summed E-state index contributed by atoms with van der Waals surface area (Å²) in [6.45, 7) is 1.70. The number of thiophene rings is 1. The average Bonchev–Trinajstić information content (AvgIpc) is 3.05. The van der Waals surface area contributed by atoms with Crippen molar-refractivity contribution in [1.29, 1.82) is 0 Å². The molecule has 0 bridgehead atoms. The largest absolute Gasteiger partial charge is 0.496 e. The van der Waals surface area contributed by atoms with Gasteiger partial charge in [0.1, 0.15) is 16.4 Å². The maximum absolute atomic E-state index is 12.4. The van der Waals surface area contributed by atoms with E-state index in [-0.39, 0.29) is 17.9 Å². The van der Waals surface area contributed by atoms with Crippen LogP contribution in [0.1, 0.15) is 17.8 Å². The van der Waals surface area contributed by atoms with Gasteiger partial charge in [-0.1, -0.05) is 18.2 Å². The van der Waals surface area contributed by atoms with Gasteiger partial charge >= 0.3 is 0 Å². The van der Waals surface area contributed by atoms with Gasteiger partial charge in [-0.2, -0.15) is 0 Å². The molecule has 0 radical (unpaired) electrons. The van der Waals surface area contributed by atoms with Gasteiger partial charge in [0.15, 0.2) is 0 Å². The number of carbonyl (C=O) groups excluding carboxylic acids is 1. The minimum absolute atomic E-state index is 0.244. The van der Waals surface area contributed by atoms with Gasteiger partial charge < -0.3 is 4.74 Å². The fourth-order valence-corrected chi connectivity index (χ4v) is 3.29. The maximum atomic E-state index is 12.4. The zero-order valence-electron chi connectivity index (χ0n) is 13.4. The fourth-order valence-electron chi connectivity index (χ4n) is 2.48. The lowest BCUT2D eigenvalue weighted by molar-refractivity contribution is -0.117. The van der Waals surface area contributed by atoms with E-state index in [2.05, 4.69) is 10.4 Å². The zero-order valence-corrected chi connectivity index (χ0v) is 14.2. The van der Waals surface area contributed by atoms with E-state index < -0.39 is 0 Å². The summed E-state index contributed by atoms with van der Waals surface area (Å²) < 4.78 is 6.49. The predicted octanol–water partition coefficient (Wildman–Crippen LogP) is 2.48. The molecular weight excluding hydrogens is 326 g/mol. The second-order valence-corrected chi connectivity index (χ2v) is 6.18. The molecule has 2 heterocycles. The molecule has 6 nitrogen and oxygen atoms in total. The molecule has 1 N–H and O–H groups in total. The number of nitrogens with zero attached hydrogens (tertiary/aromatic N) is 2. The Labute approximate surface area is 142 Å². The highest BCUT2D eigenvalue weighted by atomic mass is 32.1. The number of methoxy groups -OCH3 is 1. The number of benzene rings is 1. The zero-order chi connectivity index (χ0) is 17.1. The van der Waals surface area contributed by atoms with Crippen LogP contribution in [0.4, 0.5) is 0 Å². The summed E-state index contributed by atoms with van der Waals surface area (Å²) in [6, 6.07) is 9.27. The Hall–Kier alpha value is -2.67. The second-order valence-electron chi connectivity index (χ2n) is 5.29. The van der Waals surface area contributed by atoms with E-state index in [1.165, 1.54) is 16.0 Å². The van der Waals surface area contributed by atoms with E-state index in [0.717, 1.165) is 11.3 Å². The van der Waals surface area contributed by atoms with Crippen LogP contribution in [-0.4, -0.2) is 22.7 Å². The highest BCUT2D eigenvalue weighted by molar-refractivity contribution is 7.16. The number of rotatable bonds is 5. The average molecular weight is 343 g/mol. The molecule has 124 valence electrons. The van der Waals surface area contributed by atoms with Gasteiger partial charge in [0.25, 0.3) is 5.56 Å². The van der Waals surface area contributed by atoms with Crippen LogP contribution < -0.4 is 15.7 Å². The molecule has 0 aliphatic carbocycles. The number of hydrogen-bond acceptors (Lipinski definition) is 5. The quantitative estimate of drug-likeness (QED) is 0.772. The van der Waals surface area contributed by atoms with Crippen LogP contribution in [0.2, 0.25) is 0 Å². The number of ether oxygens (including phenoxy) is 1. The molecular formula is C17H17N3O3S. The lowest BCUT2D eigenvalue weighted by Gasteiger charge is -2.11. The van der Waals surface area contributed by atoms with Gasteiger partial charge in [-0.15, -0.1) is 11.3 Å². The molecule has 0 saturated heterocycles. The third kappa shape index (κ3) is 3.16. The van der Waals surface area contributed by atoms with E-state index in [1.54, 1.807) is 20.1 Å². The van der Waals surface area contributed by atoms with Crippen LogP contribution in [0.3, 0.4) is 0 Å². The number of fused-ring (bicyclic) bond motifs is 1. The number of para-hydroxylation sites is 1. The Kier molecular flexibility index (Phi) is 4.61. The van der Waals surface area contributed by atoms with Crippen molar-refractivity contribution < 1.29 is 9.53 Å². The van der Waals surface area contributed by atoms with Crippen molar-refractivity contribution in [2.24, 2.45) is 0 Å². The van der Waals surface area contributed by atoms with E-state index in [4.69, 9.17) is 4.74 Å². The normalized spacial score (nSPS) is 10.8. The van der Waals surface area contributed by atoms with E-state index >= 15 is 0 Å². The summed E-state index contributed by atoms with van der Waals surface area (Å²) in [5.41, 5.74) is 3.32. The first kappa shape index (κ1) is 16.2. The first-order chi connectivity index (χ1) is 11.6. The summed E-state index contributed by atoms with van der Waals surface area (Å²) in [5, 5.41) is 2.32. The van der Waals surface area contributed by atoms with Crippen LogP contribution >= 0.6 is 11.3 Å². The Morgan fingerprint density at radius 3 is 2.92 bits per heavy atom. The number of nitrogens with one attached hydrogen (secondary N) is 1. The Bertz CT molecular complexity index is 946. The van der Waals surface area contributed by atoms with Crippen LogP contribution in [0.25, 0.3) is 10.2 Å². The lowest BCUT2D eigenvalue weighted by Crippen LogP contribution is -2.35. The molecule has 1 amide bonds. The molecule has 0 aliphatic heterocycles. The highest BCUT2D eigenvalue weighted by Gasteiger charge is 2.12. The van der Waals surface area contributed by atoms with Crippen molar-refractivity contribution >= 4 is 27.5 Å². The molecule has 0 unspecified atom stereocenters. The summed E-state index contributed by atoms with van der Waals surface area (Å²) in [5.74, 6) is 0.961. The van der Waals surface area contributed by atoms with Gasteiger partial charge in [0.05, 0.1) is 12.5 Å². The second kappa shape index (κ2) is 6.84. The number of aryl methyl sites for hydroxylation is 2. The van der Waals surface area contributed by atoms with Crippen molar-refractivity contribution in [1.82, 2.24) is 9.66 Å². The van der Waals surface area contributed by atoms with Crippen molar-refractivity contribution in [2.75, 3.05) is 12.5 Å². The van der Waals surface area contributed by atoms with Crippen molar-refractivity contribution in [3.63, 3.8) is 0 Å². The van der Waals surface area contributed by atoms with Crippen molar-refractivity contribution in [2.45, 2.75) is 19.8 Å². The number of amides is 1.